The maximum atomic E-state index is 12.8. The number of rotatable bonds is 11. The maximum Gasteiger partial charge on any atom is 0.271 e. The molecule has 0 fully saturated rings. The van der Waals surface area contributed by atoms with Gasteiger partial charge in [0.25, 0.3) is 5.91 Å². The van der Waals surface area contributed by atoms with Crippen molar-refractivity contribution in [1.82, 2.24) is 10.4 Å². The first-order valence-electron chi connectivity index (χ1n) is 13.5. The first kappa shape index (κ1) is 31.5. The average Bonchev–Trinajstić information content (AvgIpc) is 3.47. The van der Waals surface area contributed by atoms with Gasteiger partial charge in [0, 0.05) is 37.8 Å². The van der Waals surface area contributed by atoms with E-state index in [9.17, 15) is 4.79 Å². The van der Waals surface area contributed by atoms with Crippen molar-refractivity contribution in [2.24, 2.45) is 5.10 Å². The Bertz CT molecular complexity index is 1790. The number of aryl methyl sites for hydroxylation is 1. The summed E-state index contributed by atoms with van der Waals surface area (Å²) < 4.78 is 12.5. The van der Waals surface area contributed by atoms with Crippen molar-refractivity contribution in [2.75, 3.05) is 11.9 Å². The number of nitrogens with one attached hydrogen (secondary N) is 2. The quantitative estimate of drug-likeness (QED) is 0.105. The van der Waals surface area contributed by atoms with E-state index >= 15 is 0 Å². The van der Waals surface area contributed by atoms with Gasteiger partial charge in [0.05, 0.1) is 23.0 Å². The van der Waals surface area contributed by atoms with Crippen molar-refractivity contribution in [3.63, 3.8) is 0 Å². The third-order valence-corrected chi connectivity index (χ3v) is 8.28. The first-order valence-corrected chi connectivity index (χ1v) is 16.0. The molecule has 0 saturated carbocycles. The average molecular weight is 710 g/mol. The fourth-order valence-electron chi connectivity index (χ4n) is 4.10. The summed E-state index contributed by atoms with van der Waals surface area (Å²) in [7, 11) is 0. The molecule has 2 N–H and O–H groups in total. The number of aromatic nitrogens is 1. The van der Waals surface area contributed by atoms with E-state index in [1.54, 1.807) is 30.3 Å². The number of amides is 1. The highest BCUT2D eigenvalue weighted by Crippen LogP contribution is 2.37. The van der Waals surface area contributed by atoms with Gasteiger partial charge in [0.1, 0.15) is 6.61 Å². The Morgan fingerprint density at radius 2 is 1.80 bits per heavy atom. The molecular weight excluding hydrogens is 683 g/mol. The van der Waals surface area contributed by atoms with Crippen LogP contribution in [-0.2, 0) is 6.61 Å². The molecule has 0 aliphatic rings. The molecule has 0 radical (unpaired) electrons. The number of hydrogen-bond acceptors (Lipinski definition) is 7. The van der Waals surface area contributed by atoms with Crippen LogP contribution in [-0.4, -0.2) is 23.7 Å². The molecule has 1 amide bonds. The fraction of sp³-hybridized carbons (Fsp3) is 0.121. The number of nitrogens with zero attached hydrogens (tertiary/aromatic N) is 2. The molecule has 0 aliphatic heterocycles. The Balaban J connectivity index is 1.20. The highest BCUT2D eigenvalue weighted by molar-refractivity contribution is 9.10. The summed E-state index contributed by atoms with van der Waals surface area (Å²) in [5, 5.41) is 11.3. The van der Waals surface area contributed by atoms with Gasteiger partial charge in [-0.15, -0.1) is 11.3 Å². The van der Waals surface area contributed by atoms with E-state index in [2.05, 4.69) is 55.8 Å². The smallest absolute Gasteiger partial charge is 0.271 e. The van der Waals surface area contributed by atoms with Crippen molar-refractivity contribution in [2.45, 2.75) is 20.5 Å². The van der Waals surface area contributed by atoms with Crippen LogP contribution in [0.1, 0.15) is 34.0 Å². The molecule has 1 aromatic heterocycles. The lowest BCUT2D eigenvalue weighted by Gasteiger charge is -2.15. The Morgan fingerprint density at radius 3 is 2.52 bits per heavy atom. The lowest BCUT2D eigenvalue weighted by molar-refractivity contribution is 0.0955. The number of carbonyl (C=O) groups excluding carboxylic acids is 1. The summed E-state index contributed by atoms with van der Waals surface area (Å²) in [5.74, 6) is 0.712. The standard InChI is InChI=1S/C33H27BrCl2N4O3S/c1-3-42-30-15-21(14-27(34)31(30)43-18-24-10-11-25(35)16-28(24)36)17-37-40-32(41)23-8-6-22(7-9-23)29-19-44-33(39-29)38-26-12-4-20(2)5-13-26/h4-17,19H,3,18H2,1-2H3,(H,38,39)(H,40,41)/b37-17-. The van der Waals surface area contributed by atoms with Gasteiger partial charge in [-0.3, -0.25) is 4.79 Å². The van der Waals surface area contributed by atoms with E-state index in [4.69, 9.17) is 32.7 Å². The van der Waals surface area contributed by atoms with Crippen LogP contribution in [0.4, 0.5) is 10.8 Å². The van der Waals surface area contributed by atoms with Crippen molar-refractivity contribution in [3.8, 4) is 22.8 Å². The monoisotopic (exact) mass is 708 g/mol. The van der Waals surface area contributed by atoms with Gasteiger partial charge in [-0.05, 0) is 83.9 Å². The summed E-state index contributed by atoms with van der Waals surface area (Å²) >= 11 is 17.4. The highest BCUT2D eigenvalue weighted by Gasteiger charge is 2.14. The van der Waals surface area contributed by atoms with Crippen molar-refractivity contribution in [3.05, 3.63) is 121 Å². The summed E-state index contributed by atoms with van der Waals surface area (Å²) in [5.41, 5.74) is 8.46. The molecule has 1 heterocycles. The minimum absolute atomic E-state index is 0.227. The Morgan fingerprint density at radius 1 is 1.02 bits per heavy atom. The summed E-state index contributed by atoms with van der Waals surface area (Å²) in [6.07, 6.45) is 1.54. The number of carbonyl (C=O) groups is 1. The van der Waals surface area contributed by atoms with Gasteiger partial charge in [-0.25, -0.2) is 10.4 Å². The molecule has 0 saturated heterocycles. The van der Waals surface area contributed by atoms with E-state index in [1.165, 1.54) is 23.1 Å². The molecule has 0 atom stereocenters. The molecule has 224 valence electrons. The minimum atomic E-state index is -0.336. The number of anilines is 2. The highest BCUT2D eigenvalue weighted by atomic mass is 79.9. The second-order valence-corrected chi connectivity index (χ2v) is 12.1. The van der Waals surface area contributed by atoms with Gasteiger partial charge >= 0.3 is 0 Å². The summed E-state index contributed by atoms with van der Waals surface area (Å²) in [4.78, 5) is 17.4. The van der Waals surface area contributed by atoms with Gasteiger partial charge in [0.15, 0.2) is 16.6 Å². The molecule has 7 nitrogen and oxygen atoms in total. The second-order valence-electron chi connectivity index (χ2n) is 9.59. The van der Waals surface area contributed by atoms with Crippen LogP contribution in [0, 0.1) is 6.92 Å². The topological polar surface area (TPSA) is 84.8 Å². The number of halogens is 3. The Labute approximate surface area is 278 Å². The van der Waals surface area contributed by atoms with Gasteiger partial charge in [-0.1, -0.05) is 59.1 Å². The molecule has 0 aliphatic carbocycles. The fourth-order valence-corrected chi connectivity index (χ4v) is 5.88. The van der Waals surface area contributed by atoms with E-state index in [0.29, 0.717) is 43.8 Å². The zero-order valence-corrected chi connectivity index (χ0v) is 27.7. The van der Waals surface area contributed by atoms with E-state index in [1.807, 2.05) is 48.7 Å². The molecule has 44 heavy (non-hydrogen) atoms. The second kappa shape index (κ2) is 14.7. The maximum absolute atomic E-state index is 12.8. The Hall–Kier alpha value is -3.89. The van der Waals surface area contributed by atoms with Crippen LogP contribution in [0.25, 0.3) is 11.3 Å². The van der Waals surface area contributed by atoms with Crippen LogP contribution < -0.4 is 20.2 Å². The minimum Gasteiger partial charge on any atom is -0.490 e. The zero-order chi connectivity index (χ0) is 31.1. The number of hydrazone groups is 1. The van der Waals surface area contributed by atoms with Crippen LogP contribution >= 0.6 is 50.5 Å². The lowest BCUT2D eigenvalue weighted by atomic mass is 10.1. The zero-order valence-electron chi connectivity index (χ0n) is 23.7. The summed E-state index contributed by atoms with van der Waals surface area (Å²) in [6, 6.07) is 24.2. The Kier molecular flexibility index (Phi) is 10.6. The molecule has 0 spiro atoms. The number of ether oxygens (including phenoxy) is 2. The number of hydrogen-bond donors (Lipinski definition) is 2. The van der Waals surface area contributed by atoms with Crippen LogP contribution in [0.3, 0.4) is 0 Å². The van der Waals surface area contributed by atoms with E-state index in [-0.39, 0.29) is 12.5 Å². The van der Waals surface area contributed by atoms with E-state index < -0.39 is 0 Å². The molecule has 5 aromatic rings. The predicted molar refractivity (Wildman–Crippen MR) is 183 cm³/mol. The largest absolute Gasteiger partial charge is 0.490 e. The van der Waals surface area contributed by atoms with Gasteiger partial charge in [0.2, 0.25) is 0 Å². The molecule has 11 heteroatoms. The van der Waals surface area contributed by atoms with Crippen molar-refractivity contribution >= 4 is 73.4 Å². The normalized spacial score (nSPS) is 11.0. The number of thiazole rings is 1. The van der Waals surface area contributed by atoms with E-state index in [0.717, 1.165) is 27.6 Å². The van der Waals surface area contributed by atoms with Crippen molar-refractivity contribution < 1.29 is 14.3 Å². The van der Waals surface area contributed by atoms with Gasteiger partial charge in [-0.2, -0.15) is 5.10 Å². The molecule has 4 aromatic carbocycles. The lowest BCUT2D eigenvalue weighted by Crippen LogP contribution is -2.17. The van der Waals surface area contributed by atoms with Crippen LogP contribution in [0.5, 0.6) is 11.5 Å². The number of benzene rings is 4. The van der Waals surface area contributed by atoms with Crippen LogP contribution in [0.15, 0.2) is 93.8 Å². The molecule has 5 rings (SSSR count). The van der Waals surface area contributed by atoms with Crippen LogP contribution in [0.2, 0.25) is 10.0 Å². The molecule has 0 bridgehead atoms. The first-order chi connectivity index (χ1) is 21.3. The molecule has 0 unspecified atom stereocenters. The van der Waals surface area contributed by atoms with Crippen molar-refractivity contribution in [1.29, 1.82) is 0 Å². The third-order valence-electron chi connectivity index (χ3n) is 6.35. The SMILES string of the molecule is CCOc1cc(/C=N\NC(=O)c2ccc(-c3csc(Nc4ccc(C)cc4)n3)cc2)cc(Br)c1OCc1ccc(Cl)cc1Cl. The summed E-state index contributed by atoms with van der Waals surface area (Å²) in [6.45, 7) is 4.60. The molecular formula is C33H27BrCl2N4O3S. The predicted octanol–water partition coefficient (Wildman–Crippen LogP) is 9.67. The third kappa shape index (κ3) is 8.18. The van der Waals surface area contributed by atoms with Gasteiger partial charge < -0.3 is 14.8 Å².